The number of hydrogen-bond acceptors (Lipinski definition) is 4. The van der Waals surface area contributed by atoms with Gasteiger partial charge in [0.25, 0.3) is 0 Å². The van der Waals surface area contributed by atoms with E-state index < -0.39 is 12.1 Å². The lowest BCUT2D eigenvalue weighted by atomic mass is 9.48. The van der Waals surface area contributed by atoms with Gasteiger partial charge in [-0.15, -0.1) is 0 Å². The first-order valence-corrected chi connectivity index (χ1v) is 9.25. The minimum atomic E-state index is -0.706. The number of halogens is 1. The van der Waals surface area contributed by atoms with Crippen molar-refractivity contribution in [2.24, 2.45) is 23.2 Å². The van der Waals surface area contributed by atoms with Crippen LogP contribution in [0.3, 0.4) is 0 Å². The van der Waals surface area contributed by atoms with Crippen LogP contribution in [-0.4, -0.2) is 17.9 Å². The highest BCUT2D eigenvalue weighted by Gasteiger charge is 2.55. The molecule has 124 valence electrons. The fourth-order valence-corrected chi connectivity index (χ4v) is 5.85. The fourth-order valence-electron chi connectivity index (χ4n) is 5.54. The monoisotopic (exact) mass is 380 g/mol. The summed E-state index contributed by atoms with van der Waals surface area (Å²) < 4.78 is 11.1. The topological polar surface area (TPSA) is 56.5 Å². The van der Waals surface area contributed by atoms with E-state index in [2.05, 4.69) is 15.9 Å². The molecule has 5 rings (SSSR count). The minimum absolute atomic E-state index is 0.121. The molecule has 0 aromatic carbocycles. The molecule has 0 spiro atoms. The van der Waals surface area contributed by atoms with Crippen LogP contribution in [0.2, 0.25) is 0 Å². The van der Waals surface area contributed by atoms with E-state index in [1.807, 2.05) is 0 Å². The fraction of sp³-hybridized carbons (Fsp3) is 0.667. The first kappa shape index (κ1) is 15.4. The first-order valence-electron chi connectivity index (χ1n) is 8.46. The van der Waals surface area contributed by atoms with Gasteiger partial charge in [-0.25, -0.2) is 4.79 Å². The molecule has 4 aliphatic carbocycles. The van der Waals surface area contributed by atoms with Gasteiger partial charge in [0, 0.05) is 5.41 Å². The molecule has 4 aliphatic rings. The summed E-state index contributed by atoms with van der Waals surface area (Å²) in [4.78, 5) is 25.2. The quantitative estimate of drug-likeness (QED) is 0.727. The summed E-state index contributed by atoms with van der Waals surface area (Å²) in [5, 5.41) is 0. The number of carbonyl (C=O) groups is 2. The first-order chi connectivity index (χ1) is 10.9. The number of ether oxygens (including phenoxy) is 1. The van der Waals surface area contributed by atoms with Crippen molar-refractivity contribution in [1.29, 1.82) is 0 Å². The maximum atomic E-state index is 13.1. The Bertz CT molecular complexity index is 612. The molecule has 0 radical (unpaired) electrons. The number of furan rings is 1. The zero-order valence-electron chi connectivity index (χ0n) is 13.2. The highest BCUT2D eigenvalue weighted by Crippen LogP contribution is 2.60. The van der Waals surface area contributed by atoms with Crippen LogP contribution >= 0.6 is 15.9 Å². The Morgan fingerprint density at radius 3 is 2.22 bits per heavy atom. The van der Waals surface area contributed by atoms with Crippen LogP contribution in [0.5, 0.6) is 0 Å². The predicted molar refractivity (Wildman–Crippen MR) is 86.9 cm³/mol. The smallest absolute Gasteiger partial charge is 0.374 e. The number of ketones is 1. The molecule has 4 saturated carbocycles. The number of rotatable bonds is 4. The van der Waals surface area contributed by atoms with Crippen LogP contribution in [-0.2, 0) is 9.53 Å². The van der Waals surface area contributed by atoms with E-state index in [1.165, 1.54) is 19.3 Å². The normalized spacial score (nSPS) is 36.0. The van der Waals surface area contributed by atoms with Crippen LogP contribution in [0, 0.1) is 23.2 Å². The maximum absolute atomic E-state index is 13.1. The Labute approximate surface area is 144 Å². The van der Waals surface area contributed by atoms with Gasteiger partial charge in [0.05, 0.1) is 0 Å². The summed E-state index contributed by atoms with van der Waals surface area (Å²) >= 11 is 3.16. The minimum Gasteiger partial charge on any atom is -0.449 e. The molecule has 4 fully saturated rings. The number of hydrogen-bond donors (Lipinski definition) is 0. The zero-order chi connectivity index (χ0) is 16.2. The molecule has 5 heteroatoms. The van der Waals surface area contributed by atoms with Gasteiger partial charge in [-0.1, -0.05) is 0 Å². The van der Waals surface area contributed by atoms with Crippen LogP contribution < -0.4 is 0 Å². The van der Waals surface area contributed by atoms with E-state index in [-0.39, 0.29) is 17.0 Å². The Hall–Kier alpha value is -1.10. The summed E-state index contributed by atoms with van der Waals surface area (Å²) in [6.07, 6.45) is 6.15. The third kappa shape index (κ3) is 2.67. The van der Waals surface area contributed by atoms with E-state index in [9.17, 15) is 9.59 Å². The molecule has 0 aliphatic heterocycles. The summed E-state index contributed by atoms with van der Waals surface area (Å²) in [6.45, 7) is 1.71. The lowest BCUT2D eigenvalue weighted by Crippen LogP contribution is -2.52. The van der Waals surface area contributed by atoms with Crippen molar-refractivity contribution in [3.8, 4) is 0 Å². The van der Waals surface area contributed by atoms with E-state index in [4.69, 9.17) is 9.15 Å². The summed E-state index contributed by atoms with van der Waals surface area (Å²) in [7, 11) is 0. The van der Waals surface area contributed by atoms with Gasteiger partial charge in [-0.05, 0) is 91.3 Å². The average molecular weight is 381 g/mol. The third-order valence-corrected chi connectivity index (χ3v) is 6.41. The molecule has 1 aromatic rings. The maximum Gasteiger partial charge on any atom is 0.374 e. The average Bonchev–Trinajstić information content (AvgIpc) is 2.91. The lowest BCUT2D eigenvalue weighted by Gasteiger charge is -2.56. The van der Waals surface area contributed by atoms with E-state index in [0.717, 1.165) is 19.3 Å². The van der Waals surface area contributed by atoms with E-state index in [1.54, 1.807) is 19.1 Å². The Kier molecular flexibility index (Phi) is 3.67. The van der Waals surface area contributed by atoms with E-state index >= 15 is 0 Å². The van der Waals surface area contributed by atoms with Crippen LogP contribution in [0.4, 0.5) is 0 Å². The number of carbonyl (C=O) groups excluding carboxylic acids is 2. The highest BCUT2D eigenvalue weighted by atomic mass is 79.9. The van der Waals surface area contributed by atoms with Crippen molar-refractivity contribution >= 4 is 27.7 Å². The largest absolute Gasteiger partial charge is 0.449 e. The van der Waals surface area contributed by atoms with Gasteiger partial charge in [-0.2, -0.15) is 0 Å². The van der Waals surface area contributed by atoms with Crippen molar-refractivity contribution < 1.29 is 18.7 Å². The molecule has 0 amide bonds. The van der Waals surface area contributed by atoms with Crippen molar-refractivity contribution in [3.63, 3.8) is 0 Å². The number of Topliss-reactive ketones (excluding diaryl/α,β-unsaturated/α-hetero) is 1. The van der Waals surface area contributed by atoms with Gasteiger partial charge in [0.1, 0.15) is 0 Å². The molecular weight excluding hydrogens is 360 g/mol. The van der Waals surface area contributed by atoms with Gasteiger partial charge < -0.3 is 9.15 Å². The third-order valence-electron chi connectivity index (χ3n) is 5.99. The molecule has 23 heavy (non-hydrogen) atoms. The van der Waals surface area contributed by atoms with Crippen molar-refractivity contribution in [3.05, 3.63) is 22.6 Å². The Morgan fingerprint density at radius 1 is 1.17 bits per heavy atom. The zero-order valence-corrected chi connectivity index (χ0v) is 14.8. The molecule has 4 bridgehead atoms. The number of esters is 1. The molecular formula is C18H21BrO4. The van der Waals surface area contributed by atoms with Gasteiger partial charge in [0.15, 0.2) is 16.6 Å². The predicted octanol–water partition coefficient (Wildman–Crippen LogP) is 4.37. The Balaban J connectivity index is 1.47. The standard InChI is InChI=1S/C18H21BrO4/c1-10(22-17(21)14-2-3-15(19)23-14)16(20)18-7-11-4-12(8-18)6-13(5-11)9-18/h2-3,10-13H,4-9H2,1H3/t10-,11?,12?,13?,18?/m1/s1. The SMILES string of the molecule is C[C@@H](OC(=O)c1ccc(Br)o1)C(=O)C12CC3CC(CC(C3)C1)C2. The molecule has 0 unspecified atom stereocenters. The lowest BCUT2D eigenvalue weighted by molar-refractivity contribution is -0.152. The van der Waals surface area contributed by atoms with Gasteiger partial charge in [0.2, 0.25) is 5.76 Å². The van der Waals surface area contributed by atoms with Crippen LogP contribution in [0.25, 0.3) is 0 Å². The molecule has 1 heterocycles. The van der Waals surface area contributed by atoms with Crippen LogP contribution in [0.1, 0.15) is 56.0 Å². The molecule has 1 atom stereocenters. The molecule has 1 aromatic heterocycles. The van der Waals surface area contributed by atoms with Gasteiger partial charge in [-0.3, -0.25) is 4.79 Å². The highest BCUT2D eigenvalue weighted by molar-refractivity contribution is 9.10. The second kappa shape index (κ2) is 5.47. The summed E-state index contributed by atoms with van der Waals surface area (Å²) in [5.74, 6) is 1.79. The van der Waals surface area contributed by atoms with Crippen LogP contribution in [0.15, 0.2) is 21.2 Å². The summed E-state index contributed by atoms with van der Waals surface area (Å²) in [6, 6.07) is 3.19. The molecule has 0 saturated heterocycles. The second-order valence-corrected chi connectivity index (χ2v) is 8.50. The van der Waals surface area contributed by atoms with Crippen molar-refractivity contribution in [2.75, 3.05) is 0 Å². The van der Waals surface area contributed by atoms with Gasteiger partial charge >= 0.3 is 5.97 Å². The second-order valence-electron chi connectivity index (χ2n) is 7.71. The summed E-state index contributed by atoms with van der Waals surface area (Å²) in [5.41, 5.74) is -0.238. The van der Waals surface area contributed by atoms with E-state index in [0.29, 0.717) is 22.4 Å². The molecule has 0 N–H and O–H groups in total. The van der Waals surface area contributed by atoms with Crippen molar-refractivity contribution in [2.45, 2.75) is 51.6 Å². The Morgan fingerprint density at radius 2 is 1.74 bits per heavy atom. The molecule has 4 nitrogen and oxygen atoms in total. The van der Waals surface area contributed by atoms with Crippen molar-refractivity contribution in [1.82, 2.24) is 0 Å².